The van der Waals surface area contributed by atoms with Gasteiger partial charge in [-0.3, -0.25) is 0 Å². The maximum absolute atomic E-state index is 14.7. The van der Waals surface area contributed by atoms with Gasteiger partial charge in [-0.05, 0) is 30.5 Å². The summed E-state index contributed by atoms with van der Waals surface area (Å²) >= 11 is 0. The number of carbonyl (C=O) groups is 1. The molecular weight excluding hydrogens is 380 g/mol. The molecule has 1 saturated carbocycles. The Labute approximate surface area is 157 Å². The van der Waals surface area contributed by atoms with Crippen molar-refractivity contribution in [1.82, 2.24) is 15.1 Å². The highest BCUT2D eigenvalue weighted by Gasteiger charge is 2.49. The Morgan fingerprint density at radius 1 is 1.18 bits per heavy atom. The molecule has 2 N–H and O–H groups in total. The summed E-state index contributed by atoms with van der Waals surface area (Å²) in [6.45, 7) is 0.460. The molecule has 1 aromatic carbocycles. The summed E-state index contributed by atoms with van der Waals surface area (Å²) < 4.78 is 55.2. The predicted molar refractivity (Wildman–Crippen MR) is 90.8 cm³/mol. The monoisotopic (exact) mass is 396 g/mol. The van der Waals surface area contributed by atoms with E-state index in [1.807, 2.05) is 0 Å². The van der Waals surface area contributed by atoms with Gasteiger partial charge in [0, 0.05) is 30.6 Å². The lowest BCUT2D eigenvalue weighted by Gasteiger charge is -2.20. The Hall–Kier alpha value is -2.91. The van der Waals surface area contributed by atoms with E-state index in [1.54, 1.807) is 0 Å². The molecule has 2 heterocycles. The van der Waals surface area contributed by atoms with Gasteiger partial charge in [0.25, 0.3) is 0 Å². The van der Waals surface area contributed by atoms with E-state index in [1.165, 1.54) is 17.0 Å². The Balaban J connectivity index is 1.46. The number of hydrogen-bond donors (Lipinski definition) is 2. The standard InChI is InChI=1S/C18H16F4N4O2/c19-9-4-10(16(21)12(20)5-9)13-1-2-15(25-24-13)23-14-3-8-6-26(18(27)28)7-11(8)17(14)22/h1-2,4-5,8,11,14,17H,3,6-7H2,(H,23,25)(H,27,28)/t8-,11+,14+,17-/m1/s1. The van der Waals surface area contributed by atoms with E-state index in [2.05, 4.69) is 15.5 Å². The molecule has 4 atom stereocenters. The summed E-state index contributed by atoms with van der Waals surface area (Å²) in [6, 6.07) is 3.47. The molecule has 2 fully saturated rings. The molecule has 1 aliphatic heterocycles. The van der Waals surface area contributed by atoms with E-state index < -0.39 is 35.8 Å². The second kappa shape index (κ2) is 6.92. The lowest BCUT2D eigenvalue weighted by molar-refractivity contribution is 0.147. The van der Waals surface area contributed by atoms with Gasteiger partial charge in [-0.1, -0.05) is 0 Å². The van der Waals surface area contributed by atoms with Crippen LogP contribution in [0.3, 0.4) is 0 Å². The molecule has 2 aromatic rings. The summed E-state index contributed by atoms with van der Waals surface area (Å²) in [6.07, 6.45) is -1.85. The number of amides is 1. The normalized spacial score (nSPS) is 26.4. The molecule has 2 aliphatic rings. The zero-order chi connectivity index (χ0) is 20.0. The molecule has 28 heavy (non-hydrogen) atoms. The van der Waals surface area contributed by atoms with Crippen molar-refractivity contribution in [2.75, 3.05) is 18.4 Å². The molecule has 1 saturated heterocycles. The van der Waals surface area contributed by atoms with Crippen molar-refractivity contribution in [3.63, 3.8) is 0 Å². The lowest BCUT2D eigenvalue weighted by atomic mass is 10.0. The average Bonchev–Trinajstić information content (AvgIpc) is 3.19. The highest BCUT2D eigenvalue weighted by molar-refractivity contribution is 5.65. The molecule has 148 valence electrons. The zero-order valence-electron chi connectivity index (χ0n) is 14.4. The summed E-state index contributed by atoms with van der Waals surface area (Å²) in [5, 5.41) is 19.6. The Kier molecular flexibility index (Phi) is 4.56. The molecule has 1 aromatic heterocycles. The third kappa shape index (κ3) is 3.23. The number of hydrogen-bond acceptors (Lipinski definition) is 4. The first-order chi connectivity index (χ1) is 13.3. The van der Waals surface area contributed by atoms with Crippen LogP contribution < -0.4 is 5.32 Å². The van der Waals surface area contributed by atoms with Crippen molar-refractivity contribution in [3.05, 3.63) is 41.7 Å². The van der Waals surface area contributed by atoms with Gasteiger partial charge in [-0.15, -0.1) is 10.2 Å². The Morgan fingerprint density at radius 3 is 2.61 bits per heavy atom. The Morgan fingerprint density at radius 2 is 1.96 bits per heavy atom. The van der Waals surface area contributed by atoms with Crippen molar-refractivity contribution >= 4 is 11.9 Å². The fourth-order valence-corrected chi connectivity index (χ4v) is 4.04. The van der Waals surface area contributed by atoms with Crippen LogP contribution in [0.25, 0.3) is 11.3 Å². The van der Waals surface area contributed by atoms with Gasteiger partial charge in [0.15, 0.2) is 11.6 Å². The van der Waals surface area contributed by atoms with Crippen LogP contribution in [-0.4, -0.2) is 51.6 Å². The van der Waals surface area contributed by atoms with E-state index in [9.17, 15) is 22.4 Å². The molecule has 1 aliphatic carbocycles. The number of halogens is 4. The van der Waals surface area contributed by atoms with Crippen LogP contribution in [0.4, 0.5) is 28.2 Å². The van der Waals surface area contributed by atoms with Crippen molar-refractivity contribution in [3.8, 4) is 11.3 Å². The van der Waals surface area contributed by atoms with Gasteiger partial charge in [-0.2, -0.15) is 0 Å². The number of rotatable bonds is 3. The largest absolute Gasteiger partial charge is 0.465 e. The second-order valence-corrected chi connectivity index (χ2v) is 7.10. The molecule has 0 bridgehead atoms. The van der Waals surface area contributed by atoms with Crippen molar-refractivity contribution in [2.45, 2.75) is 18.6 Å². The average molecular weight is 396 g/mol. The van der Waals surface area contributed by atoms with Crippen LogP contribution >= 0.6 is 0 Å². The van der Waals surface area contributed by atoms with Gasteiger partial charge in [0.2, 0.25) is 0 Å². The first-order valence-corrected chi connectivity index (χ1v) is 8.70. The third-order valence-electron chi connectivity index (χ3n) is 5.38. The molecule has 0 unspecified atom stereocenters. The highest BCUT2D eigenvalue weighted by atomic mass is 19.2. The minimum absolute atomic E-state index is 0.0568. The summed E-state index contributed by atoms with van der Waals surface area (Å²) in [5.74, 6) is -3.70. The van der Waals surface area contributed by atoms with E-state index in [4.69, 9.17) is 5.11 Å². The third-order valence-corrected chi connectivity index (χ3v) is 5.38. The number of alkyl halides is 1. The summed E-state index contributed by atoms with van der Waals surface area (Å²) in [4.78, 5) is 12.2. The van der Waals surface area contributed by atoms with Crippen LogP contribution in [0.5, 0.6) is 0 Å². The maximum Gasteiger partial charge on any atom is 0.407 e. The SMILES string of the molecule is O=C(O)N1C[C@H]2C[C@H](Nc3ccc(-c4cc(F)cc(F)c4F)nn3)[C@H](F)[C@H]2C1. The van der Waals surface area contributed by atoms with E-state index in [-0.39, 0.29) is 35.5 Å². The fraction of sp³-hybridized carbons (Fsp3) is 0.389. The van der Waals surface area contributed by atoms with Crippen molar-refractivity contribution in [2.24, 2.45) is 11.8 Å². The zero-order valence-corrected chi connectivity index (χ0v) is 14.4. The van der Waals surface area contributed by atoms with Crippen LogP contribution in [0, 0.1) is 29.3 Å². The quantitative estimate of drug-likeness (QED) is 0.615. The molecular formula is C18H16F4N4O2. The summed E-state index contributed by atoms with van der Waals surface area (Å²) in [7, 11) is 0. The molecule has 1 amide bonds. The first kappa shape index (κ1) is 18.5. The van der Waals surface area contributed by atoms with Gasteiger partial charge in [0.1, 0.15) is 17.8 Å². The van der Waals surface area contributed by atoms with Crippen LogP contribution in [-0.2, 0) is 0 Å². The topological polar surface area (TPSA) is 78.4 Å². The number of aromatic nitrogens is 2. The van der Waals surface area contributed by atoms with Gasteiger partial charge >= 0.3 is 6.09 Å². The van der Waals surface area contributed by atoms with Crippen LogP contribution in [0.2, 0.25) is 0 Å². The number of nitrogens with zero attached hydrogens (tertiary/aromatic N) is 3. The minimum atomic E-state index is -1.33. The first-order valence-electron chi connectivity index (χ1n) is 8.70. The predicted octanol–water partition coefficient (Wildman–Crippen LogP) is 3.31. The molecule has 6 nitrogen and oxygen atoms in total. The lowest BCUT2D eigenvalue weighted by Crippen LogP contribution is -2.34. The summed E-state index contributed by atoms with van der Waals surface area (Å²) in [5.41, 5.74) is -0.414. The minimum Gasteiger partial charge on any atom is -0.465 e. The smallest absolute Gasteiger partial charge is 0.407 e. The van der Waals surface area contributed by atoms with Gasteiger partial charge in [-0.25, -0.2) is 22.4 Å². The van der Waals surface area contributed by atoms with E-state index >= 15 is 0 Å². The van der Waals surface area contributed by atoms with Gasteiger partial charge < -0.3 is 15.3 Å². The number of anilines is 1. The fourth-order valence-electron chi connectivity index (χ4n) is 4.04. The van der Waals surface area contributed by atoms with Crippen LogP contribution in [0.15, 0.2) is 24.3 Å². The Bertz CT molecular complexity index is 911. The number of benzene rings is 1. The number of carboxylic acid groups (broad SMARTS) is 1. The molecule has 10 heteroatoms. The second-order valence-electron chi connectivity index (χ2n) is 7.10. The number of likely N-dealkylation sites (tertiary alicyclic amines) is 1. The molecule has 4 rings (SSSR count). The van der Waals surface area contributed by atoms with Crippen molar-refractivity contribution in [1.29, 1.82) is 0 Å². The molecule has 0 radical (unpaired) electrons. The van der Waals surface area contributed by atoms with Crippen LogP contribution in [0.1, 0.15) is 6.42 Å². The number of fused-ring (bicyclic) bond motifs is 1. The van der Waals surface area contributed by atoms with Gasteiger partial charge in [0.05, 0.1) is 11.7 Å². The highest BCUT2D eigenvalue weighted by Crippen LogP contribution is 2.41. The molecule has 0 spiro atoms. The van der Waals surface area contributed by atoms with E-state index in [0.717, 1.165) is 6.07 Å². The van der Waals surface area contributed by atoms with E-state index in [0.29, 0.717) is 19.0 Å². The number of nitrogens with one attached hydrogen (secondary N) is 1. The maximum atomic E-state index is 14.7. The van der Waals surface area contributed by atoms with Crippen molar-refractivity contribution < 1.29 is 27.5 Å².